The number of nitrogens with zero attached hydrogens (tertiary/aromatic N) is 3. The van der Waals surface area contributed by atoms with Gasteiger partial charge in [-0.05, 0) is 220 Å². The molecule has 10 aromatic carbocycles. The highest BCUT2D eigenvalue weighted by Crippen LogP contribution is 2.48. The summed E-state index contributed by atoms with van der Waals surface area (Å²) < 4.78 is 45.4. The van der Waals surface area contributed by atoms with Crippen LogP contribution >= 0.6 is 58.0 Å². The predicted octanol–water partition coefficient (Wildman–Crippen LogP) is 18.0. The summed E-state index contributed by atoms with van der Waals surface area (Å²) in [7, 11) is 3.39. The first-order chi connectivity index (χ1) is 71.4. The SMILES string of the molecule is CCC(Nc1c(Nc2ccc(Cl)c3c2C(=O)N(CC(N)=O)C3)c(=O)c1=O)c1ccc(C)o1.CCC(Nc1c(Nc2ccc(Cl)c3c2C(=O)NC3(C)C)c(=O)c1=O)c1ccc(Cl)o1.CC[C@@H](Nc1c(Nc2ccc(Cl)c3c2C(=O)NC3)c(=O)c1=O)c1ccc(C)o1.[2H][C@](CC)(Nc1c(Nc2ccc(Cl)c3c2C(=O)N(C)C3(C)C)c(=O)c1=O)c1ccc(C)o1.[2H][C@](CC)(Nc1c(Nc2cccc3c2C(=O)N(C)C3)c(=O)c1=O)c1ccc(C)o1. The maximum atomic E-state index is 13.0. The fourth-order valence-corrected chi connectivity index (χ4v) is 19.8. The van der Waals surface area contributed by atoms with Crippen LogP contribution < -0.4 is 124 Å². The van der Waals surface area contributed by atoms with Crippen LogP contribution in [-0.4, -0.2) is 70.8 Å². The Morgan fingerprint density at radius 1 is 0.383 bits per heavy atom. The zero-order chi connectivity index (χ0) is 109. The lowest BCUT2D eigenvalue weighted by molar-refractivity contribution is -0.118. The third-order valence-corrected chi connectivity index (χ3v) is 28.1. The van der Waals surface area contributed by atoms with Gasteiger partial charge in [0.2, 0.25) is 5.91 Å². The number of halogens is 5. The highest BCUT2D eigenvalue weighted by Gasteiger charge is 2.46. The van der Waals surface area contributed by atoms with E-state index in [0.717, 1.165) is 17.1 Å². The molecule has 37 nitrogen and oxygen atoms in total. The fourth-order valence-electron chi connectivity index (χ4n) is 18.4. The number of carbonyl (C=O) groups is 6. The molecule has 15 aromatic rings. The standard InChI is InChI=1S/C23H24ClN3O4.C22H21ClN4O5.C21H19Cl2N3O4.C21H21N3O4.C20H18ClN3O4/c1-6-13(15-10-7-11(2)31-15)25-18-19(21(29)20(18)28)26-14-9-8-12(24)17-16(14)22(30)27(5)23(17,3)4;1-3-13(15-7-4-10(2)32-15)25-18-19(21(30)20(18)29)26-14-6-5-12(23)11-8-27(9-16(24)28)22(31)17(11)14;1-4-10(12-7-8-13(23)30-12)24-16-17(19(28)18(16)27)25-11-6-5-9(22)15-14(11)20(29)26-21(15,2)3;1-4-13(15-9-8-11(2)28-15)22-17-18(20(26)19(17)25)23-14-7-5-6-12-10-24(3)21(27)16(12)14;1-3-12(14-7-4-9(2)28-14)23-16-17(19(26)18(16)25)24-13-6-5-11(21)10-8-22-20(27)15(10)13/h7-10,13,25-26H,6H2,1-5H3;4-7,13,25-26H,3,8-9H2,1-2H3,(H2,24,28);5-8,10,24-25H,4H2,1-3H3,(H,26,29);5-9,13,22-23H,4,10H2,1-3H3;4-7,12,23-24H,3,8H2,1-2H3,(H,22,27)/t13-;;;13-;12-/m1..11/s1/i13D;;;13D;. The minimum absolute atomic E-state index is 0.00744. The Hall–Kier alpha value is -15.8. The number of carbonyl (C=O) groups excluding carboxylic acids is 6. The van der Waals surface area contributed by atoms with Gasteiger partial charge < -0.3 is 106 Å². The van der Waals surface area contributed by atoms with E-state index in [2.05, 4.69) is 63.8 Å². The van der Waals surface area contributed by atoms with Crippen molar-refractivity contribution in [2.75, 3.05) is 73.8 Å². The molecule has 772 valence electrons. The normalized spacial score (nSPS) is 15.4. The molecular formula is C107H103Cl5N16O21. The molecule has 5 aromatic heterocycles. The van der Waals surface area contributed by atoms with E-state index in [0.29, 0.717) is 172 Å². The van der Waals surface area contributed by atoms with Crippen molar-refractivity contribution in [2.45, 2.75) is 183 Å². The van der Waals surface area contributed by atoms with E-state index >= 15 is 0 Å². The van der Waals surface area contributed by atoms with Crippen LogP contribution in [-0.2, 0) is 35.5 Å². The lowest BCUT2D eigenvalue weighted by atomic mass is 9.93. The van der Waals surface area contributed by atoms with Crippen LogP contribution in [0.25, 0.3) is 0 Å². The first kappa shape index (κ1) is 103. The number of nitrogens with one attached hydrogen (secondary N) is 12. The molecule has 0 saturated carbocycles. The highest BCUT2D eigenvalue weighted by molar-refractivity contribution is 6.34. The average molecular weight is 2130 g/mol. The van der Waals surface area contributed by atoms with Gasteiger partial charge in [0, 0.05) is 76.1 Å². The molecule has 0 bridgehead atoms. The second-order valence-electron chi connectivity index (χ2n) is 37.2. The summed E-state index contributed by atoms with van der Waals surface area (Å²) in [6.45, 7) is 24.7. The number of nitrogens with two attached hydrogens (primary N) is 1. The van der Waals surface area contributed by atoms with Crippen molar-refractivity contribution in [2.24, 2.45) is 5.73 Å². The molecule has 0 spiro atoms. The van der Waals surface area contributed by atoms with Gasteiger partial charge in [0.15, 0.2) is 5.22 Å². The Bertz CT molecular complexity index is 8460. The van der Waals surface area contributed by atoms with E-state index in [9.17, 15) is 76.7 Å². The van der Waals surface area contributed by atoms with Gasteiger partial charge in [-0.2, -0.15) is 0 Å². The van der Waals surface area contributed by atoms with E-state index in [4.69, 9.17) is 88.6 Å². The van der Waals surface area contributed by atoms with Gasteiger partial charge in [-0.25, -0.2) is 0 Å². The third-order valence-electron chi connectivity index (χ3n) is 26.5. The number of primary amides is 1. The van der Waals surface area contributed by atoms with Crippen LogP contribution in [0.3, 0.4) is 0 Å². The van der Waals surface area contributed by atoms with Gasteiger partial charge in [-0.15, -0.1) is 0 Å². The van der Waals surface area contributed by atoms with E-state index in [1.165, 1.54) is 4.90 Å². The van der Waals surface area contributed by atoms with E-state index in [-0.39, 0.29) is 129 Å². The summed E-state index contributed by atoms with van der Waals surface area (Å²) in [5.74, 6) is 3.32. The summed E-state index contributed by atoms with van der Waals surface area (Å²) in [6, 6.07) is 32.0. The average Bonchev–Trinajstić information content (AvgIpc) is 1.55. The first-order valence-electron chi connectivity index (χ1n) is 48.4. The Kier molecular flexibility index (Phi) is 29.2. The summed E-state index contributed by atoms with van der Waals surface area (Å²) in [5.41, 5.74) is 5.25. The highest BCUT2D eigenvalue weighted by atomic mass is 35.5. The number of hydrogen-bond donors (Lipinski definition) is 13. The molecule has 20 rings (SSSR count). The van der Waals surface area contributed by atoms with E-state index in [1.54, 1.807) is 149 Å². The number of fused-ring (bicyclic) bond motifs is 5. The van der Waals surface area contributed by atoms with Gasteiger partial charge in [0.25, 0.3) is 83.8 Å². The summed E-state index contributed by atoms with van der Waals surface area (Å²) in [4.78, 5) is 202. The molecule has 5 aliphatic rings. The molecule has 14 N–H and O–H groups in total. The van der Waals surface area contributed by atoms with Crippen LogP contribution in [0.2, 0.25) is 25.3 Å². The van der Waals surface area contributed by atoms with Gasteiger partial charge in [0.05, 0.1) is 107 Å². The largest absolute Gasteiger partial charge is 0.464 e. The van der Waals surface area contributed by atoms with Crippen molar-refractivity contribution < 1.29 is 53.6 Å². The molecule has 0 saturated heterocycles. The molecule has 5 aliphatic heterocycles. The molecule has 0 fully saturated rings. The lowest BCUT2D eigenvalue weighted by Gasteiger charge is -2.29. The molecule has 149 heavy (non-hydrogen) atoms. The lowest BCUT2D eigenvalue weighted by Crippen LogP contribution is -2.37. The predicted molar refractivity (Wildman–Crippen MR) is 573 cm³/mol. The Morgan fingerprint density at radius 2 is 0.745 bits per heavy atom. The van der Waals surface area contributed by atoms with Crippen molar-refractivity contribution >= 4 is 179 Å². The molecule has 42 heteroatoms. The van der Waals surface area contributed by atoms with E-state index in [1.807, 2.05) is 92.6 Å². The van der Waals surface area contributed by atoms with Crippen molar-refractivity contribution in [3.63, 3.8) is 0 Å². The zero-order valence-electron chi connectivity index (χ0n) is 85.1. The number of rotatable bonds is 32. The minimum atomic E-state index is -1.44. The Morgan fingerprint density at radius 3 is 1.14 bits per heavy atom. The second kappa shape index (κ2) is 42.2. The van der Waals surface area contributed by atoms with Gasteiger partial charge in [0.1, 0.15) is 109 Å². The number of hydrogen-bond acceptors (Lipinski definition) is 31. The van der Waals surface area contributed by atoms with E-state index < -0.39 is 89.2 Å². The van der Waals surface area contributed by atoms with Crippen LogP contribution in [0, 0.1) is 27.7 Å². The molecule has 6 amide bonds. The molecule has 0 aliphatic carbocycles. The number of benzene rings is 5. The molecule has 2 unspecified atom stereocenters. The zero-order valence-corrected chi connectivity index (χ0v) is 86.9. The summed E-state index contributed by atoms with van der Waals surface area (Å²) in [6.07, 6.45) is 2.45. The van der Waals surface area contributed by atoms with Gasteiger partial charge >= 0.3 is 0 Å². The topological polar surface area (TPSA) is 519 Å². The van der Waals surface area contributed by atoms with Crippen LogP contribution in [0.1, 0.15) is 259 Å². The van der Waals surface area contributed by atoms with Gasteiger partial charge in [-0.1, -0.05) is 93.2 Å². The fraction of sp³-hybridized carbons (Fsp3) is 0.290. The van der Waals surface area contributed by atoms with Crippen LogP contribution in [0.4, 0.5) is 85.3 Å². The molecule has 5 atom stereocenters. The Balaban J connectivity index is 0.000000134. The molecule has 10 heterocycles. The number of amides is 6. The first-order valence-corrected chi connectivity index (χ1v) is 49.3. The quantitative estimate of drug-likeness (QED) is 0.0174. The van der Waals surface area contributed by atoms with Crippen molar-refractivity contribution in [3.8, 4) is 0 Å². The maximum absolute atomic E-state index is 13.0. The molecular weight excluding hydrogens is 2020 g/mol. The third kappa shape index (κ3) is 20.2. The van der Waals surface area contributed by atoms with Crippen molar-refractivity contribution in [1.29, 1.82) is 0 Å². The van der Waals surface area contributed by atoms with Crippen molar-refractivity contribution in [3.05, 3.63) is 362 Å². The van der Waals surface area contributed by atoms with Crippen LogP contribution in [0.5, 0.6) is 0 Å². The smallest absolute Gasteiger partial charge is 0.257 e. The summed E-state index contributed by atoms with van der Waals surface area (Å²) >= 11 is 31.0. The number of anilines is 15. The van der Waals surface area contributed by atoms with Crippen LogP contribution in [0.15, 0.2) is 197 Å². The summed E-state index contributed by atoms with van der Waals surface area (Å²) in [5, 5.41) is 37.3. The monoisotopic (exact) mass is 2120 g/mol. The maximum Gasteiger partial charge on any atom is 0.257 e. The second-order valence-corrected chi connectivity index (χ2v) is 39.2. The Labute approximate surface area is 877 Å². The minimum Gasteiger partial charge on any atom is -0.464 e. The number of aryl methyl sites for hydroxylation is 4. The number of furan rings is 5. The van der Waals surface area contributed by atoms with Gasteiger partial charge in [-0.3, -0.25) is 76.7 Å². The molecule has 0 radical (unpaired) electrons. The van der Waals surface area contributed by atoms with Crippen molar-refractivity contribution in [1.82, 2.24) is 25.3 Å².